The Kier molecular flexibility index (Phi) is 10.4. The lowest BCUT2D eigenvalue weighted by molar-refractivity contribution is 0.159. The van der Waals surface area contributed by atoms with Crippen LogP contribution in [0, 0.1) is 0 Å². The predicted molar refractivity (Wildman–Crippen MR) is 106 cm³/mol. The van der Waals surface area contributed by atoms with Crippen LogP contribution in [0.5, 0.6) is 0 Å². The van der Waals surface area contributed by atoms with E-state index in [1.165, 1.54) is 70.9 Å². The van der Waals surface area contributed by atoms with E-state index < -0.39 is 0 Å². The molecule has 2 N–H and O–H groups in total. The highest BCUT2D eigenvalue weighted by Gasteiger charge is 2.17. The summed E-state index contributed by atoms with van der Waals surface area (Å²) in [7, 11) is 1.88. The van der Waals surface area contributed by atoms with Crippen LogP contribution in [0.3, 0.4) is 0 Å². The van der Waals surface area contributed by atoms with Crippen LogP contribution in [0.2, 0.25) is 0 Å². The maximum Gasteiger partial charge on any atom is 0.191 e. The third kappa shape index (κ3) is 7.02. The maximum atomic E-state index is 4.36. The largest absolute Gasteiger partial charge is 0.356 e. The quantitative estimate of drug-likeness (QED) is 0.309. The zero-order valence-corrected chi connectivity index (χ0v) is 16.8. The van der Waals surface area contributed by atoms with Gasteiger partial charge in [-0.15, -0.1) is 24.0 Å². The zero-order chi connectivity index (χ0) is 14.9. The topological polar surface area (TPSA) is 39.7 Å². The van der Waals surface area contributed by atoms with Crippen LogP contribution in [-0.4, -0.2) is 49.6 Å². The highest BCUT2D eigenvalue weighted by atomic mass is 127. The van der Waals surface area contributed by atoms with Crippen molar-refractivity contribution >= 4 is 29.9 Å². The molecule has 1 heterocycles. The molecule has 1 aliphatic heterocycles. The fourth-order valence-corrected chi connectivity index (χ4v) is 3.61. The minimum absolute atomic E-state index is 0. The summed E-state index contributed by atoms with van der Waals surface area (Å²) < 4.78 is 0. The first-order valence-electron chi connectivity index (χ1n) is 9.01. The van der Waals surface area contributed by atoms with E-state index in [0.717, 1.165) is 18.5 Å². The van der Waals surface area contributed by atoms with Gasteiger partial charge >= 0.3 is 0 Å². The number of halogens is 1. The van der Waals surface area contributed by atoms with Crippen molar-refractivity contribution in [3.63, 3.8) is 0 Å². The number of hydrogen-bond donors (Lipinski definition) is 2. The highest BCUT2D eigenvalue weighted by molar-refractivity contribution is 14.0. The van der Waals surface area contributed by atoms with E-state index in [4.69, 9.17) is 0 Å². The molecule has 1 unspecified atom stereocenters. The summed E-state index contributed by atoms with van der Waals surface area (Å²) in [5.41, 5.74) is 0. The Balaban J connectivity index is 0.00000242. The van der Waals surface area contributed by atoms with Gasteiger partial charge in [0.2, 0.25) is 0 Å². The first kappa shape index (κ1) is 20.0. The van der Waals surface area contributed by atoms with Crippen molar-refractivity contribution in [1.29, 1.82) is 0 Å². The van der Waals surface area contributed by atoms with Crippen molar-refractivity contribution in [2.45, 2.75) is 76.8 Å². The molecule has 0 spiro atoms. The summed E-state index contributed by atoms with van der Waals surface area (Å²) in [6, 6.07) is 1.41. The molecule has 0 aromatic heterocycles. The lowest BCUT2D eigenvalue weighted by Crippen LogP contribution is -2.45. The van der Waals surface area contributed by atoms with Gasteiger partial charge in [-0.05, 0) is 45.6 Å². The second-order valence-corrected chi connectivity index (χ2v) is 6.71. The first-order valence-corrected chi connectivity index (χ1v) is 9.01. The van der Waals surface area contributed by atoms with Gasteiger partial charge in [0.05, 0.1) is 0 Å². The van der Waals surface area contributed by atoms with Gasteiger partial charge in [-0.3, -0.25) is 4.99 Å². The smallest absolute Gasteiger partial charge is 0.191 e. The number of nitrogens with zero attached hydrogens (tertiary/aromatic N) is 2. The Morgan fingerprint density at radius 2 is 1.82 bits per heavy atom. The molecule has 1 saturated carbocycles. The van der Waals surface area contributed by atoms with Crippen LogP contribution in [0.4, 0.5) is 0 Å². The number of rotatable bonds is 5. The van der Waals surface area contributed by atoms with Gasteiger partial charge in [0.1, 0.15) is 0 Å². The van der Waals surface area contributed by atoms with Crippen molar-refractivity contribution in [1.82, 2.24) is 15.5 Å². The average Bonchev–Trinajstić information content (AvgIpc) is 2.53. The molecule has 1 aliphatic carbocycles. The Hall–Kier alpha value is -0.0400. The Bertz CT molecular complexity index is 316. The molecule has 0 amide bonds. The third-order valence-electron chi connectivity index (χ3n) is 5.02. The van der Waals surface area contributed by atoms with Gasteiger partial charge in [0.15, 0.2) is 5.96 Å². The van der Waals surface area contributed by atoms with Crippen molar-refractivity contribution in [3.05, 3.63) is 0 Å². The molecule has 130 valence electrons. The summed E-state index contributed by atoms with van der Waals surface area (Å²) in [5.74, 6) is 0.994. The lowest BCUT2D eigenvalue weighted by Gasteiger charge is -2.33. The highest BCUT2D eigenvalue weighted by Crippen LogP contribution is 2.17. The first-order chi connectivity index (χ1) is 10.3. The standard InChI is InChI=1S/C17H34N4.HI/c1-15-9-6-7-13-21(15)14-8-12-19-17(18-2)20-16-10-4-3-5-11-16;/h15-16H,3-14H2,1-2H3,(H2,18,19,20);1H. The molecule has 0 bridgehead atoms. The molecular formula is C17H35IN4. The molecule has 2 aliphatic rings. The Labute approximate surface area is 153 Å². The normalized spacial score (nSPS) is 24.6. The van der Waals surface area contributed by atoms with Crippen LogP contribution in [-0.2, 0) is 0 Å². The SMILES string of the molecule is CN=C(NCCCN1CCCCC1C)NC1CCCCC1.I. The predicted octanol–water partition coefficient (Wildman–Crippen LogP) is 3.37. The number of nitrogens with one attached hydrogen (secondary N) is 2. The molecule has 22 heavy (non-hydrogen) atoms. The van der Waals surface area contributed by atoms with E-state index in [2.05, 4.69) is 27.4 Å². The van der Waals surface area contributed by atoms with E-state index in [9.17, 15) is 0 Å². The van der Waals surface area contributed by atoms with E-state index in [1.54, 1.807) is 0 Å². The second kappa shape index (κ2) is 11.5. The van der Waals surface area contributed by atoms with Gasteiger partial charge in [0, 0.05) is 32.2 Å². The van der Waals surface area contributed by atoms with Gasteiger partial charge in [-0.2, -0.15) is 0 Å². The molecule has 1 atom stereocenters. The minimum Gasteiger partial charge on any atom is -0.356 e. The lowest BCUT2D eigenvalue weighted by atomic mass is 9.96. The molecule has 2 fully saturated rings. The van der Waals surface area contributed by atoms with Crippen molar-refractivity contribution < 1.29 is 0 Å². The van der Waals surface area contributed by atoms with E-state index in [-0.39, 0.29) is 24.0 Å². The fourth-order valence-electron chi connectivity index (χ4n) is 3.61. The van der Waals surface area contributed by atoms with E-state index >= 15 is 0 Å². The molecule has 0 aromatic rings. The zero-order valence-electron chi connectivity index (χ0n) is 14.4. The number of aliphatic imine (C=N–C) groups is 1. The number of likely N-dealkylation sites (tertiary alicyclic amines) is 1. The molecule has 0 aromatic carbocycles. The number of hydrogen-bond acceptors (Lipinski definition) is 2. The van der Waals surface area contributed by atoms with Crippen LogP contribution in [0.1, 0.15) is 64.7 Å². The average molecular weight is 422 g/mol. The van der Waals surface area contributed by atoms with E-state index in [1.807, 2.05) is 7.05 Å². The van der Waals surface area contributed by atoms with Crippen LogP contribution >= 0.6 is 24.0 Å². The van der Waals surface area contributed by atoms with Gasteiger partial charge in [-0.1, -0.05) is 25.7 Å². The molecule has 1 saturated heterocycles. The Morgan fingerprint density at radius 1 is 1.09 bits per heavy atom. The minimum atomic E-state index is 0. The van der Waals surface area contributed by atoms with Gasteiger partial charge < -0.3 is 15.5 Å². The van der Waals surface area contributed by atoms with E-state index in [0.29, 0.717) is 6.04 Å². The number of piperidine rings is 1. The van der Waals surface area contributed by atoms with Crippen molar-refractivity contribution in [3.8, 4) is 0 Å². The van der Waals surface area contributed by atoms with Gasteiger partial charge in [-0.25, -0.2) is 0 Å². The van der Waals surface area contributed by atoms with Crippen molar-refractivity contribution in [2.75, 3.05) is 26.7 Å². The summed E-state index contributed by atoms with van der Waals surface area (Å²) in [5, 5.41) is 7.06. The molecule has 0 radical (unpaired) electrons. The molecular weight excluding hydrogens is 387 g/mol. The summed E-state index contributed by atoms with van der Waals surface area (Å²) in [4.78, 5) is 7.00. The Morgan fingerprint density at radius 3 is 2.50 bits per heavy atom. The van der Waals surface area contributed by atoms with Crippen LogP contribution < -0.4 is 10.6 Å². The summed E-state index contributed by atoms with van der Waals surface area (Å²) >= 11 is 0. The maximum absolute atomic E-state index is 4.36. The molecule has 2 rings (SSSR count). The fraction of sp³-hybridized carbons (Fsp3) is 0.941. The van der Waals surface area contributed by atoms with Crippen molar-refractivity contribution in [2.24, 2.45) is 4.99 Å². The second-order valence-electron chi connectivity index (χ2n) is 6.71. The molecule has 4 nitrogen and oxygen atoms in total. The summed E-state index contributed by atoms with van der Waals surface area (Å²) in [6.07, 6.45) is 12.1. The molecule has 5 heteroatoms. The monoisotopic (exact) mass is 422 g/mol. The summed E-state index contributed by atoms with van der Waals surface area (Å²) in [6.45, 7) is 5.90. The van der Waals surface area contributed by atoms with Crippen LogP contribution in [0.25, 0.3) is 0 Å². The number of guanidine groups is 1. The van der Waals surface area contributed by atoms with Gasteiger partial charge in [0.25, 0.3) is 0 Å². The van der Waals surface area contributed by atoms with Crippen LogP contribution in [0.15, 0.2) is 4.99 Å². The third-order valence-corrected chi connectivity index (χ3v) is 5.02.